The monoisotopic (exact) mass is 113 g/mol. The summed E-state index contributed by atoms with van der Waals surface area (Å²) in [7, 11) is 0. The smallest absolute Gasteiger partial charge is 0.116 e. The van der Waals surface area contributed by atoms with Crippen LogP contribution in [0.2, 0.25) is 0 Å². The third kappa shape index (κ3) is 5.70. The van der Waals surface area contributed by atoms with Crippen molar-refractivity contribution in [2.45, 2.75) is 33.3 Å². The molecule has 0 amide bonds. The summed E-state index contributed by atoms with van der Waals surface area (Å²) >= 11 is 0. The van der Waals surface area contributed by atoms with Gasteiger partial charge in [0.05, 0.1) is 0 Å². The third-order valence-corrected chi connectivity index (χ3v) is 0.636. The molecule has 1 nitrogen and oxygen atoms in total. The molecule has 0 rings (SSSR count). The molecule has 0 N–H and O–H groups in total. The molecular weight excluding hydrogens is 100 g/mol. The van der Waals surface area contributed by atoms with E-state index in [-0.39, 0.29) is 0 Å². The summed E-state index contributed by atoms with van der Waals surface area (Å²) in [4.78, 5) is 0. The predicted molar refractivity (Wildman–Crippen MR) is 34.2 cm³/mol. The Morgan fingerprint density at radius 2 is 1.75 bits per heavy atom. The van der Waals surface area contributed by atoms with Gasteiger partial charge in [0.2, 0.25) is 0 Å². The molecule has 0 aromatic heterocycles. The number of allylic oxidation sites excluding steroid dienone is 1. The second-order valence-electron chi connectivity index (χ2n) is 2.83. The molecule has 0 spiro atoms. The lowest BCUT2D eigenvalue weighted by molar-refractivity contribution is 0.0483. The van der Waals surface area contributed by atoms with E-state index in [0.717, 1.165) is 5.57 Å². The van der Waals surface area contributed by atoms with Crippen LogP contribution in [0.5, 0.6) is 0 Å². The summed E-state index contributed by atoms with van der Waals surface area (Å²) in [5, 5.41) is 10.8. The maximum absolute atomic E-state index is 10.8. The van der Waals surface area contributed by atoms with Crippen LogP contribution in [-0.4, -0.2) is 5.60 Å². The first-order chi connectivity index (χ1) is 3.42. The van der Waals surface area contributed by atoms with Crippen molar-refractivity contribution >= 4 is 0 Å². The lowest BCUT2D eigenvalue weighted by Crippen LogP contribution is -2.11. The Balaban J connectivity index is 3.89. The first-order valence-corrected chi connectivity index (χ1v) is 2.78. The summed E-state index contributed by atoms with van der Waals surface area (Å²) in [5.74, 6) is 0. The van der Waals surface area contributed by atoms with Crippen molar-refractivity contribution in [2.75, 3.05) is 0 Å². The molecule has 0 atom stereocenters. The van der Waals surface area contributed by atoms with Gasteiger partial charge in [-0.05, 0) is 27.7 Å². The molecule has 0 aromatic rings. The van der Waals surface area contributed by atoms with E-state index < -0.39 is 5.60 Å². The quantitative estimate of drug-likeness (QED) is 0.464. The van der Waals surface area contributed by atoms with Crippen LogP contribution in [-0.2, 0) is 5.11 Å². The first kappa shape index (κ1) is 7.70. The summed E-state index contributed by atoms with van der Waals surface area (Å²) in [6.07, 6.45) is 1.72. The Morgan fingerprint density at radius 3 is 1.75 bits per heavy atom. The molecule has 47 valence electrons. The highest BCUT2D eigenvalue weighted by molar-refractivity contribution is 5.02. The van der Waals surface area contributed by atoms with Gasteiger partial charge >= 0.3 is 0 Å². The zero-order valence-electron chi connectivity index (χ0n) is 5.99. The Hall–Kier alpha value is -0.300. The summed E-state index contributed by atoms with van der Waals surface area (Å²) in [5.41, 5.74) is 0.198. The highest BCUT2D eigenvalue weighted by Crippen LogP contribution is 2.06. The minimum absolute atomic E-state index is 0.890. The minimum atomic E-state index is -0.890. The fourth-order valence-corrected chi connectivity index (χ4v) is 0.695. The second kappa shape index (κ2) is 2.31. The van der Waals surface area contributed by atoms with Crippen molar-refractivity contribution in [3.63, 3.8) is 0 Å². The predicted octanol–water partition coefficient (Wildman–Crippen LogP) is 2.16. The fraction of sp³-hybridized carbons (Fsp3) is 0.714. The molecule has 1 radical (unpaired) electrons. The van der Waals surface area contributed by atoms with Gasteiger partial charge in [-0.2, -0.15) is 0 Å². The highest BCUT2D eigenvalue weighted by atomic mass is 16.3. The van der Waals surface area contributed by atoms with Gasteiger partial charge < -0.3 is 0 Å². The third-order valence-electron chi connectivity index (χ3n) is 0.636. The summed E-state index contributed by atoms with van der Waals surface area (Å²) in [6, 6.07) is 0. The van der Waals surface area contributed by atoms with Crippen LogP contribution in [0, 0.1) is 0 Å². The highest BCUT2D eigenvalue weighted by Gasteiger charge is 2.08. The van der Waals surface area contributed by atoms with E-state index >= 15 is 0 Å². The van der Waals surface area contributed by atoms with Crippen molar-refractivity contribution in [3.8, 4) is 0 Å². The van der Waals surface area contributed by atoms with E-state index in [2.05, 4.69) is 0 Å². The van der Waals surface area contributed by atoms with Gasteiger partial charge in [-0.1, -0.05) is 11.6 Å². The molecule has 0 aliphatic heterocycles. The molecule has 0 saturated carbocycles. The average molecular weight is 113 g/mol. The molecule has 0 aliphatic rings. The van der Waals surface area contributed by atoms with E-state index in [1.165, 1.54) is 0 Å². The molecule has 8 heavy (non-hydrogen) atoms. The summed E-state index contributed by atoms with van der Waals surface area (Å²) < 4.78 is 0. The normalized spacial score (nSPS) is 11.1. The van der Waals surface area contributed by atoms with Crippen molar-refractivity contribution in [1.82, 2.24) is 0 Å². The molecule has 0 bridgehead atoms. The van der Waals surface area contributed by atoms with Crippen LogP contribution in [0.1, 0.15) is 27.7 Å². The van der Waals surface area contributed by atoms with Crippen LogP contribution in [0.25, 0.3) is 0 Å². The molecular formula is C7H13O. The van der Waals surface area contributed by atoms with E-state index in [4.69, 9.17) is 0 Å². The lowest BCUT2D eigenvalue weighted by Gasteiger charge is -2.07. The standard InChI is InChI=1S/C7H13O/c1-6(2)5-7(3,4)8/h5H,1-4H3. The van der Waals surface area contributed by atoms with Gasteiger partial charge in [-0.15, -0.1) is 0 Å². The van der Waals surface area contributed by atoms with Crippen molar-refractivity contribution in [2.24, 2.45) is 0 Å². The SMILES string of the molecule is CC(C)=CC(C)(C)[O]. The van der Waals surface area contributed by atoms with Gasteiger partial charge in [-0.3, -0.25) is 0 Å². The van der Waals surface area contributed by atoms with Crippen LogP contribution < -0.4 is 0 Å². The second-order valence-corrected chi connectivity index (χ2v) is 2.83. The lowest BCUT2D eigenvalue weighted by atomic mass is 10.1. The largest absolute Gasteiger partial charge is 0.226 e. The molecule has 1 heteroatoms. The fourth-order valence-electron chi connectivity index (χ4n) is 0.695. The Morgan fingerprint density at radius 1 is 1.38 bits per heavy atom. The summed E-state index contributed by atoms with van der Waals surface area (Å²) in [6.45, 7) is 7.17. The van der Waals surface area contributed by atoms with Crippen molar-refractivity contribution < 1.29 is 5.11 Å². The molecule has 0 saturated heterocycles. The number of rotatable bonds is 1. The average Bonchev–Trinajstić information content (AvgIpc) is 1.21. The minimum Gasteiger partial charge on any atom is -0.226 e. The van der Waals surface area contributed by atoms with Gasteiger partial charge in [0.15, 0.2) is 0 Å². The van der Waals surface area contributed by atoms with Gasteiger partial charge in [0, 0.05) is 0 Å². The molecule has 0 heterocycles. The van der Waals surface area contributed by atoms with Crippen LogP contribution in [0.4, 0.5) is 0 Å². The maximum atomic E-state index is 10.8. The van der Waals surface area contributed by atoms with Crippen molar-refractivity contribution in [3.05, 3.63) is 11.6 Å². The first-order valence-electron chi connectivity index (χ1n) is 2.78. The van der Waals surface area contributed by atoms with Crippen molar-refractivity contribution in [1.29, 1.82) is 0 Å². The van der Waals surface area contributed by atoms with Crippen LogP contribution in [0.3, 0.4) is 0 Å². The topological polar surface area (TPSA) is 19.9 Å². The molecule has 0 aliphatic carbocycles. The van der Waals surface area contributed by atoms with Gasteiger partial charge in [-0.25, -0.2) is 5.11 Å². The Labute approximate surface area is 51.0 Å². The molecule has 0 aromatic carbocycles. The van der Waals surface area contributed by atoms with Crippen LogP contribution in [0.15, 0.2) is 11.6 Å². The maximum Gasteiger partial charge on any atom is 0.116 e. The van der Waals surface area contributed by atoms with Gasteiger partial charge in [0.1, 0.15) is 5.60 Å². The Bertz CT molecular complexity index is 91.4. The van der Waals surface area contributed by atoms with Crippen LogP contribution >= 0.6 is 0 Å². The van der Waals surface area contributed by atoms with E-state index in [9.17, 15) is 5.11 Å². The van der Waals surface area contributed by atoms with Gasteiger partial charge in [0.25, 0.3) is 0 Å². The van der Waals surface area contributed by atoms with E-state index in [1.54, 1.807) is 19.9 Å². The molecule has 0 fully saturated rings. The Kier molecular flexibility index (Phi) is 2.23. The molecule has 0 unspecified atom stereocenters. The number of hydrogen-bond donors (Lipinski definition) is 0. The van der Waals surface area contributed by atoms with E-state index in [0.29, 0.717) is 0 Å². The zero-order valence-corrected chi connectivity index (χ0v) is 5.99. The zero-order chi connectivity index (χ0) is 6.78. The number of hydrogen-bond acceptors (Lipinski definition) is 0. The van der Waals surface area contributed by atoms with E-state index in [1.807, 2.05) is 13.8 Å².